The normalized spacial score (nSPS) is 13.7. The first-order valence-electron chi connectivity index (χ1n) is 9.79. The van der Waals surface area contributed by atoms with Crippen molar-refractivity contribution < 1.29 is 9.53 Å². The van der Waals surface area contributed by atoms with Gasteiger partial charge in [-0.15, -0.1) is 10.2 Å². The highest BCUT2D eigenvalue weighted by molar-refractivity contribution is 8.02. The molecule has 0 saturated heterocycles. The summed E-state index contributed by atoms with van der Waals surface area (Å²) in [6.45, 7) is 4.48. The number of aromatic nitrogens is 2. The lowest BCUT2D eigenvalue weighted by molar-refractivity contribution is 0.0994. The number of nitrogens with one attached hydrogen (secondary N) is 1. The van der Waals surface area contributed by atoms with Gasteiger partial charge in [0.05, 0.1) is 17.5 Å². The molecule has 150 valence electrons. The number of aryl methyl sites for hydroxylation is 2. The smallest absolute Gasteiger partial charge is 0.210 e. The lowest BCUT2D eigenvalue weighted by atomic mass is 10.0. The molecule has 0 radical (unpaired) electrons. The van der Waals surface area contributed by atoms with E-state index in [1.807, 2.05) is 44.2 Å². The molecule has 0 fully saturated rings. The van der Waals surface area contributed by atoms with Gasteiger partial charge in [-0.05, 0) is 62.4 Å². The molecule has 0 amide bonds. The molecule has 1 heterocycles. The number of thioether (sulfide) groups is 1. The monoisotopic (exact) mass is 425 g/mol. The van der Waals surface area contributed by atoms with Crippen molar-refractivity contribution in [2.75, 3.05) is 11.9 Å². The molecule has 1 aliphatic rings. The van der Waals surface area contributed by atoms with Crippen LogP contribution in [0.5, 0.6) is 5.75 Å². The van der Waals surface area contributed by atoms with Crippen molar-refractivity contribution in [3.63, 3.8) is 0 Å². The zero-order valence-electron chi connectivity index (χ0n) is 16.5. The van der Waals surface area contributed by atoms with Gasteiger partial charge in [-0.1, -0.05) is 47.4 Å². The number of ketones is 1. The fourth-order valence-corrected chi connectivity index (χ4v) is 5.42. The molecule has 4 rings (SSSR count). The average molecular weight is 426 g/mol. The number of nitrogens with zero attached hydrogens (tertiary/aromatic N) is 2. The van der Waals surface area contributed by atoms with Crippen LogP contribution in [-0.4, -0.2) is 27.8 Å². The van der Waals surface area contributed by atoms with Gasteiger partial charge in [-0.25, -0.2) is 0 Å². The highest BCUT2D eigenvalue weighted by Gasteiger charge is 2.21. The Morgan fingerprint density at radius 3 is 2.90 bits per heavy atom. The number of ether oxygens (including phenoxy) is 1. The summed E-state index contributed by atoms with van der Waals surface area (Å²) in [6.07, 6.45) is 3.39. The van der Waals surface area contributed by atoms with Gasteiger partial charge in [-0.3, -0.25) is 4.79 Å². The van der Waals surface area contributed by atoms with E-state index in [2.05, 4.69) is 27.6 Å². The maximum atomic E-state index is 12.9. The largest absolute Gasteiger partial charge is 0.492 e. The number of rotatable bonds is 8. The lowest BCUT2D eigenvalue weighted by Crippen LogP contribution is -2.13. The summed E-state index contributed by atoms with van der Waals surface area (Å²) in [6, 6.07) is 13.9. The predicted octanol–water partition coefficient (Wildman–Crippen LogP) is 5.53. The molecule has 1 atom stereocenters. The average Bonchev–Trinajstić information content (AvgIpc) is 3.37. The molecule has 0 spiro atoms. The Kier molecular flexibility index (Phi) is 6.16. The zero-order chi connectivity index (χ0) is 20.2. The second kappa shape index (κ2) is 8.97. The third kappa shape index (κ3) is 4.62. The lowest BCUT2D eigenvalue weighted by Gasteiger charge is -2.10. The molecule has 0 saturated carbocycles. The van der Waals surface area contributed by atoms with Crippen LogP contribution >= 0.6 is 23.1 Å². The molecular weight excluding hydrogens is 402 g/mol. The number of carbonyl (C=O) groups excluding carboxylic acids is 1. The Morgan fingerprint density at radius 2 is 2.03 bits per heavy atom. The summed E-state index contributed by atoms with van der Waals surface area (Å²) in [7, 11) is 0. The van der Waals surface area contributed by atoms with E-state index in [9.17, 15) is 4.79 Å². The van der Waals surface area contributed by atoms with Crippen LogP contribution in [0.2, 0.25) is 0 Å². The van der Waals surface area contributed by atoms with Crippen LogP contribution in [0.3, 0.4) is 0 Å². The minimum absolute atomic E-state index is 0.135. The fraction of sp³-hybridized carbons (Fsp3) is 0.318. The molecule has 1 aromatic heterocycles. The van der Waals surface area contributed by atoms with Crippen LogP contribution in [0.15, 0.2) is 46.8 Å². The van der Waals surface area contributed by atoms with Crippen molar-refractivity contribution in [3.05, 3.63) is 59.2 Å². The van der Waals surface area contributed by atoms with Gasteiger partial charge in [0.25, 0.3) is 0 Å². The first-order valence-corrected chi connectivity index (χ1v) is 11.5. The molecule has 0 unspecified atom stereocenters. The predicted molar refractivity (Wildman–Crippen MR) is 119 cm³/mol. The van der Waals surface area contributed by atoms with E-state index in [1.165, 1.54) is 40.6 Å². The number of hydrogen-bond acceptors (Lipinski definition) is 7. The SMILES string of the molecule is CCOc1ccccc1Nc1nnc(S[C@@H](C)C(=O)c2ccc3c(c2)CCC3)s1. The number of para-hydroxylation sites is 2. The van der Waals surface area contributed by atoms with E-state index < -0.39 is 0 Å². The van der Waals surface area contributed by atoms with Crippen molar-refractivity contribution in [1.29, 1.82) is 0 Å². The first kappa shape index (κ1) is 19.9. The second-order valence-electron chi connectivity index (χ2n) is 6.89. The number of carbonyl (C=O) groups is 1. The van der Waals surface area contributed by atoms with Crippen LogP contribution in [0.25, 0.3) is 0 Å². The van der Waals surface area contributed by atoms with Crippen molar-refractivity contribution in [1.82, 2.24) is 10.2 Å². The summed E-state index contributed by atoms with van der Waals surface area (Å²) in [5.74, 6) is 0.913. The molecule has 5 nitrogen and oxygen atoms in total. The quantitative estimate of drug-likeness (QED) is 0.378. The molecule has 7 heteroatoms. The Hall–Kier alpha value is -2.38. The molecule has 0 bridgehead atoms. The van der Waals surface area contributed by atoms with Gasteiger partial charge >= 0.3 is 0 Å². The molecule has 29 heavy (non-hydrogen) atoms. The summed E-state index contributed by atoms with van der Waals surface area (Å²) in [4.78, 5) is 12.9. The highest BCUT2D eigenvalue weighted by atomic mass is 32.2. The van der Waals surface area contributed by atoms with Gasteiger partial charge in [0.1, 0.15) is 5.75 Å². The number of hydrogen-bond donors (Lipinski definition) is 1. The summed E-state index contributed by atoms with van der Waals surface area (Å²) in [5.41, 5.74) is 4.35. The van der Waals surface area contributed by atoms with E-state index in [1.54, 1.807) is 0 Å². The minimum atomic E-state index is -0.217. The first-order chi connectivity index (χ1) is 14.1. The molecule has 3 aromatic rings. The Balaban J connectivity index is 1.42. The molecule has 0 aliphatic heterocycles. The van der Waals surface area contributed by atoms with Crippen LogP contribution in [0.1, 0.15) is 41.8 Å². The standard InChI is InChI=1S/C22H23N3O2S2/c1-3-27-19-10-5-4-9-18(19)23-21-24-25-22(29-21)28-14(2)20(26)17-12-11-15-7-6-8-16(15)13-17/h4-5,9-14H,3,6-8H2,1-2H3,(H,23,24)/t14-/m0/s1. The minimum Gasteiger partial charge on any atom is -0.492 e. The number of Topliss-reactive ketones (excluding diaryl/α,β-unsaturated/α-hetero) is 1. The van der Waals surface area contributed by atoms with Gasteiger partial charge in [0.15, 0.2) is 10.1 Å². The molecular formula is C22H23N3O2S2. The van der Waals surface area contributed by atoms with Crippen LogP contribution in [-0.2, 0) is 12.8 Å². The summed E-state index contributed by atoms with van der Waals surface area (Å²) >= 11 is 2.89. The van der Waals surface area contributed by atoms with Gasteiger partial charge in [0, 0.05) is 5.56 Å². The van der Waals surface area contributed by atoms with E-state index in [0.717, 1.165) is 34.2 Å². The van der Waals surface area contributed by atoms with E-state index in [-0.39, 0.29) is 11.0 Å². The maximum Gasteiger partial charge on any atom is 0.210 e. The number of fused-ring (bicyclic) bond motifs is 1. The number of benzene rings is 2. The topological polar surface area (TPSA) is 64.1 Å². The Morgan fingerprint density at radius 1 is 1.21 bits per heavy atom. The fourth-order valence-electron chi connectivity index (χ4n) is 3.44. The Bertz CT molecular complexity index is 1020. The van der Waals surface area contributed by atoms with Gasteiger partial charge < -0.3 is 10.1 Å². The van der Waals surface area contributed by atoms with Crippen molar-refractivity contribution in [3.8, 4) is 5.75 Å². The van der Waals surface area contributed by atoms with Gasteiger partial charge in [-0.2, -0.15) is 0 Å². The van der Waals surface area contributed by atoms with E-state index in [4.69, 9.17) is 4.74 Å². The van der Waals surface area contributed by atoms with Crippen molar-refractivity contribution in [2.45, 2.75) is 42.7 Å². The summed E-state index contributed by atoms with van der Waals surface area (Å²) < 4.78 is 6.40. The van der Waals surface area contributed by atoms with Crippen LogP contribution in [0, 0.1) is 0 Å². The molecule has 1 N–H and O–H groups in total. The highest BCUT2D eigenvalue weighted by Crippen LogP contribution is 2.34. The zero-order valence-corrected chi connectivity index (χ0v) is 18.1. The van der Waals surface area contributed by atoms with Crippen molar-refractivity contribution in [2.24, 2.45) is 0 Å². The van der Waals surface area contributed by atoms with Gasteiger partial charge in [0.2, 0.25) is 5.13 Å². The molecule has 1 aliphatic carbocycles. The van der Waals surface area contributed by atoms with E-state index in [0.29, 0.717) is 11.7 Å². The summed E-state index contributed by atoms with van der Waals surface area (Å²) in [5, 5.41) is 12.2. The van der Waals surface area contributed by atoms with E-state index >= 15 is 0 Å². The number of anilines is 2. The Labute approximate surface area is 178 Å². The molecule has 2 aromatic carbocycles. The third-order valence-electron chi connectivity index (χ3n) is 4.86. The van der Waals surface area contributed by atoms with Crippen molar-refractivity contribution >= 4 is 39.7 Å². The second-order valence-corrected chi connectivity index (χ2v) is 9.45. The maximum absolute atomic E-state index is 12.9. The third-order valence-corrected chi connectivity index (χ3v) is 6.89. The van der Waals surface area contributed by atoms with Crippen LogP contribution in [0.4, 0.5) is 10.8 Å². The van der Waals surface area contributed by atoms with Crippen LogP contribution < -0.4 is 10.1 Å².